The van der Waals surface area contributed by atoms with Gasteiger partial charge in [-0.1, -0.05) is 63.1 Å². The number of rotatable bonds is 6. The molecule has 270 valence electrons. The van der Waals surface area contributed by atoms with Gasteiger partial charge in [-0.3, -0.25) is 28.9 Å². The van der Waals surface area contributed by atoms with Crippen LogP contribution in [0.3, 0.4) is 0 Å². The summed E-state index contributed by atoms with van der Waals surface area (Å²) in [6.45, 7) is 9.56. The van der Waals surface area contributed by atoms with E-state index < -0.39 is 53.7 Å². The third kappa shape index (κ3) is 9.60. The molecule has 5 amide bonds. The number of hydrogen-bond donors (Lipinski definition) is 5. The Morgan fingerprint density at radius 1 is 0.960 bits per heavy atom. The number of para-hydroxylation sites is 1. The van der Waals surface area contributed by atoms with Gasteiger partial charge in [-0.15, -0.1) is 0 Å². The Bertz CT molecular complexity index is 1540. The first-order valence-electron chi connectivity index (χ1n) is 17.6. The van der Waals surface area contributed by atoms with Crippen molar-refractivity contribution >= 4 is 29.5 Å². The zero-order chi connectivity index (χ0) is 35.7. The molecular weight excluding hydrogens is 640 g/mol. The lowest BCUT2D eigenvalue weighted by molar-refractivity contribution is -0.137. The Hall–Kier alpha value is -4.49. The van der Waals surface area contributed by atoms with E-state index in [2.05, 4.69) is 31.5 Å². The van der Waals surface area contributed by atoms with Crippen molar-refractivity contribution in [3.05, 3.63) is 65.2 Å². The van der Waals surface area contributed by atoms with E-state index in [-0.39, 0.29) is 36.3 Å². The molecule has 0 unspecified atom stereocenters. The summed E-state index contributed by atoms with van der Waals surface area (Å²) in [5.41, 5.74) is 0.913. The number of carbonyl (C=O) groups excluding carboxylic acids is 5. The van der Waals surface area contributed by atoms with Gasteiger partial charge in [0.25, 0.3) is 5.91 Å². The Morgan fingerprint density at radius 2 is 1.68 bits per heavy atom. The monoisotopic (exact) mass is 690 g/mol. The Balaban J connectivity index is 1.38. The average molecular weight is 691 g/mol. The first kappa shape index (κ1) is 36.8. The number of fused-ring (bicyclic) bond motifs is 1. The topological polar surface area (TPSA) is 167 Å². The second-order valence-corrected chi connectivity index (χ2v) is 13.9. The van der Waals surface area contributed by atoms with Crippen molar-refractivity contribution in [3.63, 3.8) is 0 Å². The summed E-state index contributed by atoms with van der Waals surface area (Å²) in [4.78, 5) is 70.6. The number of nitrogens with one attached hydrogen (secondary N) is 5. The second-order valence-electron chi connectivity index (χ2n) is 13.9. The van der Waals surface area contributed by atoms with Crippen LogP contribution >= 0.6 is 0 Å². The van der Waals surface area contributed by atoms with Crippen molar-refractivity contribution in [2.75, 3.05) is 32.9 Å². The predicted octanol–water partition coefficient (Wildman–Crippen LogP) is 1.79. The van der Waals surface area contributed by atoms with Crippen molar-refractivity contribution in [2.24, 2.45) is 5.92 Å². The predicted molar refractivity (Wildman–Crippen MR) is 186 cm³/mol. The molecule has 13 nitrogen and oxygen atoms in total. The molecule has 0 radical (unpaired) electrons. The molecule has 2 aromatic rings. The maximum Gasteiger partial charge on any atom is 0.255 e. The van der Waals surface area contributed by atoms with Gasteiger partial charge in [-0.2, -0.15) is 0 Å². The van der Waals surface area contributed by atoms with Crippen LogP contribution in [0.4, 0.5) is 0 Å². The van der Waals surface area contributed by atoms with Gasteiger partial charge in [-0.25, -0.2) is 0 Å². The number of morpholine rings is 1. The summed E-state index contributed by atoms with van der Waals surface area (Å²) in [6, 6.07) is 12.0. The molecule has 2 heterocycles. The van der Waals surface area contributed by atoms with Crippen molar-refractivity contribution in [1.29, 1.82) is 0 Å². The Labute approximate surface area is 293 Å². The standard InChI is InChI=1S/C37H50N6O7/c1-24(2)32-35(47)39-25(3)23-50-30-12-5-4-11-28(30)33(45)40-29(20-31(44)42-37(36(48)41-32)13-6-7-14-37)34(46)38-21-26-9-8-10-27(19-26)22-43-15-17-49-18-16-43/h4-5,8-12,19,24-25,29,32H,6-7,13-18,20-23H2,1-3H3,(H,38,46)(H,39,47)(H,40,45)(H,41,48)(H,42,44)/t25-,29-,32+/m0/s1. The maximum atomic E-state index is 13.8. The average Bonchev–Trinajstić information content (AvgIpc) is 3.58. The van der Waals surface area contributed by atoms with E-state index in [4.69, 9.17) is 9.47 Å². The van der Waals surface area contributed by atoms with Crippen LogP contribution in [0.5, 0.6) is 5.75 Å². The van der Waals surface area contributed by atoms with E-state index in [1.54, 1.807) is 31.2 Å². The van der Waals surface area contributed by atoms with E-state index >= 15 is 0 Å². The van der Waals surface area contributed by atoms with Crippen LogP contribution in [0.1, 0.15) is 74.4 Å². The number of nitrogens with zero attached hydrogens (tertiary/aromatic N) is 1. The first-order chi connectivity index (χ1) is 24.0. The van der Waals surface area contributed by atoms with Crippen LogP contribution < -0.4 is 31.3 Å². The zero-order valence-electron chi connectivity index (χ0n) is 29.2. The highest BCUT2D eigenvalue weighted by Crippen LogP contribution is 2.31. The summed E-state index contributed by atoms with van der Waals surface area (Å²) >= 11 is 0. The number of hydrogen-bond acceptors (Lipinski definition) is 8. The van der Waals surface area contributed by atoms with E-state index in [0.717, 1.165) is 30.8 Å². The van der Waals surface area contributed by atoms with Gasteiger partial charge in [0.1, 0.15) is 30.0 Å². The molecule has 5 rings (SSSR count). The number of benzene rings is 2. The number of amides is 5. The molecule has 1 saturated carbocycles. The second kappa shape index (κ2) is 16.9. The number of carbonyl (C=O) groups is 5. The normalized spacial score (nSPS) is 23.9. The molecular formula is C37H50N6O7. The third-order valence-corrected chi connectivity index (χ3v) is 9.49. The lowest BCUT2D eigenvalue weighted by Gasteiger charge is -2.33. The molecule has 13 heteroatoms. The highest BCUT2D eigenvalue weighted by molar-refractivity contribution is 6.01. The molecule has 3 aliphatic rings. The molecule has 3 atom stereocenters. The summed E-state index contributed by atoms with van der Waals surface area (Å²) in [5, 5.41) is 14.4. The molecule has 0 aromatic heterocycles. The molecule has 2 fully saturated rings. The van der Waals surface area contributed by atoms with Gasteiger partial charge >= 0.3 is 0 Å². The molecule has 2 aliphatic heterocycles. The van der Waals surface area contributed by atoms with Crippen LogP contribution in [0.25, 0.3) is 0 Å². The van der Waals surface area contributed by atoms with Crippen molar-refractivity contribution in [3.8, 4) is 5.75 Å². The smallest absolute Gasteiger partial charge is 0.255 e. The maximum absolute atomic E-state index is 13.8. The summed E-state index contributed by atoms with van der Waals surface area (Å²) < 4.78 is 11.4. The van der Waals surface area contributed by atoms with Gasteiger partial charge in [-0.05, 0) is 48.9 Å². The highest BCUT2D eigenvalue weighted by atomic mass is 16.5. The van der Waals surface area contributed by atoms with E-state index in [9.17, 15) is 24.0 Å². The minimum Gasteiger partial charge on any atom is -0.491 e. The van der Waals surface area contributed by atoms with E-state index in [0.29, 0.717) is 38.9 Å². The largest absolute Gasteiger partial charge is 0.491 e. The zero-order valence-corrected chi connectivity index (χ0v) is 29.2. The van der Waals surface area contributed by atoms with Crippen LogP contribution in [-0.2, 0) is 37.0 Å². The van der Waals surface area contributed by atoms with Crippen LogP contribution in [0, 0.1) is 5.92 Å². The van der Waals surface area contributed by atoms with E-state index in [1.807, 2.05) is 38.1 Å². The quantitative estimate of drug-likeness (QED) is 0.306. The van der Waals surface area contributed by atoms with Gasteiger partial charge < -0.3 is 36.1 Å². The van der Waals surface area contributed by atoms with Crippen molar-refractivity contribution in [2.45, 2.75) is 89.6 Å². The fourth-order valence-electron chi connectivity index (χ4n) is 6.69. The van der Waals surface area contributed by atoms with Gasteiger partial charge in [0.15, 0.2) is 0 Å². The molecule has 50 heavy (non-hydrogen) atoms. The van der Waals surface area contributed by atoms with Crippen LogP contribution in [-0.4, -0.2) is 91.0 Å². The first-order valence-corrected chi connectivity index (χ1v) is 17.6. The molecule has 5 N–H and O–H groups in total. The van der Waals surface area contributed by atoms with Gasteiger partial charge in [0.05, 0.1) is 31.2 Å². The van der Waals surface area contributed by atoms with E-state index in [1.165, 1.54) is 0 Å². The minimum atomic E-state index is -1.25. The van der Waals surface area contributed by atoms with Crippen molar-refractivity contribution in [1.82, 2.24) is 31.5 Å². The fraction of sp³-hybridized carbons (Fsp3) is 0.541. The minimum absolute atomic E-state index is 0.0489. The summed E-state index contributed by atoms with van der Waals surface area (Å²) in [5.74, 6) is -2.51. The number of ether oxygens (including phenoxy) is 2. The molecule has 1 spiro atoms. The van der Waals surface area contributed by atoms with Crippen LogP contribution in [0.15, 0.2) is 48.5 Å². The highest BCUT2D eigenvalue weighted by Gasteiger charge is 2.44. The summed E-state index contributed by atoms with van der Waals surface area (Å²) in [7, 11) is 0. The van der Waals surface area contributed by atoms with Crippen molar-refractivity contribution < 1.29 is 33.4 Å². The summed E-state index contributed by atoms with van der Waals surface area (Å²) in [6.07, 6.45) is 1.79. The lowest BCUT2D eigenvalue weighted by Crippen LogP contribution is -2.62. The SMILES string of the molecule is CC(C)[C@H]1NC(=O)C2(CCCC2)NC(=O)C[C@@H](C(=O)NCc2cccc(CN3CCOCC3)c2)NC(=O)c2ccccc2OC[C@H](C)NC1=O. The fourth-order valence-corrected chi connectivity index (χ4v) is 6.69. The molecule has 2 aromatic carbocycles. The van der Waals surface area contributed by atoms with Gasteiger partial charge in [0.2, 0.25) is 23.6 Å². The van der Waals surface area contributed by atoms with Gasteiger partial charge in [0, 0.05) is 26.2 Å². The lowest BCUT2D eigenvalue weighted by atomic mass is 9.93. The third-order valence-electron chi connectivity index (χ3n) is 9.49. The molecule has 0 bridgehead atoms. The Kier molecular flexibility index (Phi) is 12.5. The Morgan fingerprint density at radius 3 is 2.42 bits per heavy atom. The molecule has 1 saturated heterocycles. The van der Waals surface area contributed by atoms with Crippen LogP contribution in [0.2, 0.25) is 0 Å². The molecule has 1 aliphatic carbocycles.